The van der Waals surface area contributed by atoms with Crippen LogP contribution in [0.2, 0.25) is 0 Å². The summed E-state index contributed by atoms with van der Waals surface area (Å²) in [4.78, 5) is 2.36. The number of rotatable bonds is 5. The lowest BCUT2D eigenvalue weighted by Gasteiger charge is -2.26. The van der Waals surface area contributed by atoms with Gasteiger partial charge in [0.2, 0.25) is 0 Å². The Morgan fingerprint density at radius 2 is 0.980 bits per heavy atom. The van der Waals surface area contributed by atoms with Gasteiger partial charge in [-0.25, -0.2) is 0 Å². The molecule has 10 rings (SSSR count). The van der Waals surface area contributed by atoms with Crippen molar-refractivity contribution in [3.8, 4) is 22.3 Å². The van der Waals surface area contributed by atoms with Gasteiger partial charge < -0.3 is 9.32 Å². The van der Waals surface area contributed by atoms with Crippen LogP contribution < -0.4 is 4.90 Å². The molecule has 0 aliphatic heterocycles. The fourth-order valence-corrected chi connectivity index (χ4v) is 7.58. The Morgan fingerprint density at radius 3 is 1.84 bits per heavy atom. The summed E-state index contributed by atoms with van der Waals surface area (Å²) in [5, 5.41) is 9.68. The standard InChI is InChI=1S/C48H31NO/c1-2-11-32(12-3-1)34-14-10-15-39(27-34)49(40-26-23-35-29-46-44-19-8-9-20-47(44)50-48(46)31-37(35)28-40)38-24-21-33(22-25-38)45-30-36-13-4-5-16-41(36)42-17-6-7-18-43(42)45/h1-31H. The van der Waals surface area contributed by atoms with Gasteiger partial charge in [0.15, 0.2) is 0 Å². The molecule has 0 N–H and O–H groups in total. The van der Waals surface area contributed by atoms with Gasteiger partial charge in [0.25, 0.3) is 0 Å². The van der Waals surface area contributed by atoms with E-state index in [1.165, 1.54) is 49.2 Å². The molecule has 0 aliphatic carbocycles. The van der Waals surface area contributed by atoms with Crippen molar-refractivity contribution in [2.24, 2.45) is 0 Å². The Labute approximate surface area is 290 Å². The van der Waals surface area contributed by atoms with Gasteiger partial charge in [-0.2, -0.15) is 0 Å². The van der Waals surface area contributed by atoms with E-state index in [0.717, 1.165) is 44.4 Å². The van der Waals surface area contributed by atoms with Crippen molar-refractivity contribution in [2.45, 2.75) is 0 Å². The van der Waals surface area contributed by atoms with Gasteiger partial charge in [0.1, 0.15) is 11.2 Å². The molecule has 0 radical (unpaired) electrons. The van der Waals surface area contributed by atoms with Crippen LogP contribution in [0.1, 0.15) is 0 Å². The van der Waals surface area contributed by atoms with Crippen molar-refractivity contribution in [1.82, 2.24) is 0 Å². The first kappa shape index (κ1) is 28.4. The quantitative estimate of drug-likeness (QED) is 0.175. The molecule has 234 valence electrons. The maximum atomic E-state index is 6.29. The predicted molar refractivity (Wildman–Crippen MR) is 212 cm³/mol. The van der Waals surface area contributed by atoms with Gasteiger partial charge in [-0.1, -0.05) is 127 Å². The second kappa shape index (κ2) is 11.5. The maximum absolute atomic E-state index is 6.29. The Hall–Kier alpha value is -6.64. The summed E-state index contributed by atoms with van der Waals surface area (Å²) < 4.78 is 6.29. The van der Waals surface area contributed by atoms with Crippen molar-refractivity contribution < 1.29 is 4.42 Å². The summed E-state index contributed by atoms with van der Waals surface area (Å²) in [5.74, 6) is 0. The number of nitrogens with zero attached hydrogens (tertiary/aromatic N) is 1. The van der Waals surface area contributed by atoms with Crippen LogP contribution in [0.5, 0.6) is 0 Å². The smallest absolute Gasteiger partial charge is 0.136 e. The fourth-order valence-electron chi connectivity index (χ4n) is 7.58. The highest BCUT2D eigenvalue weighted by Crippen LogP contribution is 2.41. The second-order valence-electron chi connectivity index (χ2n) is 13.0. The zero-order chi connectivity index (χ0) is 33.0. The van der Waals surface area contributed by atoms with Crippen LogP contribution in [-0.2, 0) is 0 Å². The number of hydrogen-bond donors (Lipinski definition) is 0. The van der Waals surface area contributed by atoms with Crippen molar-refractivity contribution in [3.05, 3.63) is 188 Å². The monoisotopic (exact) mass is 637 g/mol. The molecule has 2 nitrogen and oxygen atoms in total. The highest BCUT2D eigenvalue weighted by atomic mass is 16.3. The Kier molecular flexibility index (Phi) is 6.53. The third-order valence-corrected chi connectivity index (χ3v) is 9.99. The summed E-state index contributed by atoms with van der Waals surface area (Å²) in [5.41, 5.74) is 9.89. The summed E-state index contributed by atoms with van der Waals surface area (Å²) >= 11 is 0. The highest BCUT2D eigenvalue weighted by Gasteiger charge is 2.17. The maximum Gasteiger partial charge on any atom is 0.136 e. The van der Waals surface area contributed by atoms with Gasteiger partial charge in [-0.15, -0.1) is 0 Å². The van der Waals surface area contributed by atoms with Crippen LogP contribution in [-0.4, -0.2) is 0 Å². The lowest BCUT2D eigenvalue weighted by atomic mass is 9.93. The summed E-state index contributed by atoms with van der Waals surface area (Å²) in [7, 11) is 0. The summed E-state index contributed by atoms with van der Waals surface area (Å²) in [6.45, 7) is 0. The topological polar surface area (TPSA) is 16.4 Å². The van der Waals surface area contributed by atoms with Crippen LogP contribution in [0.15, 0.2) is 192 Å². The van der Waals surface area contributed by atoms with E-state index in [1.54, 1.807) is 0 Å². The molecule has 9 aromatic carbocycles. The fraction of sp³-hybridized carbons (Fsp3) is 0. The van der Waals surface area contributed by atoms with Crippen LogP contribution >= 0.6 is 0 Å². The van der Waals surface area contributed by atoms with Crippen molar-refractivity contribution in [3.63, 3.8) is 0 Å². The van der Waals surface area contributed by atoms with Gasteiger partial charge >= 0.3 is 0 Å². The third-order valence-electron chi connectivity index (χ3n) is 9.99. The van der Waals surface area contributed by atoms with E-state index < -0.39 is 0 Å². The first-order valence-corrected chi connectivity index (χ1v) is 17.1. The molecular weight excluding hydrogens is 607 g/mol. The first-order valence-electron chi connectivity index (χ1n) is 17.1. The SMILES string of the molecule is c1ccc(-c2cccc(N(c3ccc(-c4cc5ccccc5c5ccccc45)cc3)c3ccc4cc5c(cc4c3)oc3ccccc35)c2)cc1. The predicted octanol–water partition coefficient (Wildman–Crippen LogP) is 13.8. The highest BCUT2D eigenvalue weighted by molar-refractivity contribution is 6.14. The van der Waals surface area contributed by atoms with Crippen molar-refractivity contribution >= 4 is 71.3 Å². The molecule has 50 heavy (non-hydrogen) atoms. The Balaban J connectivity index is 1.13. The minimum atomic E-state index is 0.903. The number of anilines is 3. The minimum Gasteiger partial charge on any atom is -0.456 e. The van der Waals surface area contributed by atoms with Crippen LogP contribution in [0.3, 0.4) is 0 Å². The molecule has 0 amide bonds. The molecule has 2 heteroatoms. The minimum absolute atomic E-state index is 0.903. The van der Waals surface area contributed by atoms with Crippen LogP contribution in [0.25, 0.3) is 76.5 Å². The normalized spacial score (nSPS) is 11.6. The summed E-state index contributed by atoms with van der Waals surface area (Å²) in [6.07, 6.45) is 0. The van der Waals surface area contributed by atoms with E-state index in [-0.39, 0.29) is 0 Å². The second-order valence-corrected chi connectivity index (χ2v) is 13.0. The van der Waals surface area contributed by atoms with E-state index in [2.05, 4.69) is 181 Å². The average Bonchev–Trinajstić information content (AvgIpc) is 3.55. The number of fused-ring (bicyclic) bond motifs is 7. The number of hydrogen-bond acceptors (Lipinski definition) is 2. The van der Waals surface area contributed by atoms with E-state index in [0.29, 0.717) is 0 Å². The van der Waals surface area contributed by atoms with Gasteiger partial charge in [-0.3, -0.25) is 0 Å². The summed E-state index contributed by atoms with van der Waals surface area (Å²) in [6, 6.07) is 67.6. The average molecular weight is 638 g/mol. The lowest BCUT2D eigenvalue weighted by Crippen LogP contribution is -2.10. The number of furan rings is 1. The van der Waals surface area contributed by atoms with Gasteiger partial charge in [0.05, 0.1) is 0 Å². The Morgan fingerprint density at radius 1 is 0.300 bits per heavy atom. The first-order chi connectivity index (χ1) is 24.8. The third kappa shape index (κ3) is 4.73. The van der Waals surface area contributed by atoms with Crippen molar-refractivity contribution in [2.75, 3.05) is 4.90 Å². The molecule has 10 aromatic rings. The van der Waals surface area contributed by atoms with Gasteiger partial charge in [0, 0.05) is 27.8 Å². The van der Waals surface area contributed by atoms with Crippen LogP contribution in [0.4, 0.5) is 17.1 Å². The van der Waals surface area contributed by atoms with Crippen molar-refractivity contribution in [1.29, 1.82) is 0 Å². The molecular formula is C48H31NO. The molecule has 0 unspecified atom stereocenters. The van der Waals surface area contributed by atoms with E-state index in [4.69, 9.17) is 4.42 Å². The van der Waals surface area contributed by atoms with Crippen LogP contribution in [0, 0.1) is 0 Å². The zero-order valence-electron chi connectivity index (χ0n) is 27.3. The Bertz CT molecular complexity index is 2870. The zero-order valence-corrected chi connectivity index (χ0v) is 27.3. The van der Waals surface area contributed by atoms with E-state index in [1.807, 2.05) is 12.1 Å². The number of benzene rings is 9. The molecule has 0 atom stereocenters. The van der Waals surface area contributed by atoms with E-state index in [9.17, 15) is 0 Å². The number of para-hydroxylation sites is 1. The molecule has 0 spiro atoms. The van der Waals surface area contributed by atoms with E-state index >= 15 is 0 Å². The molecule has 0 fully saturated rings. The molecule has 0 saturated heterocycles. The lowest BCUT2D eigenvalue weighted by molar-refractivity contribution is 0.669. The van der Waals surface area contributed by atoms with Gasteiger partial charge in [-0.05, 0) is 115 Å². The molecule has 0 aliphatic rings. The molecule has 0 saturated carbocycles. The molecule has 0 bridgehead atoms. The molecule has 1 heterocycles. The molecule has 1 aromatic heterocycles. The largest absolute Gasteiger partial charge is 0.456 e.